The van der Waals surface area contributed by atoms with E-state index in [2.05, 4.69) is 12.2 Å². The third-order valence-electron chi connectivity index (χ3n) is 4.10. The lowest BCUT2D eigenvalue weighted by molar-refractivity contribution is -0.138. The number of carbonyl (C=O) groups is 2. The van der Waals surface area contributed by atoms with Gasteiger partial charge in [-0.1, -0.05) is 38.3 Å². The van der Waals surface area contributed by atoms with Crippen LogP contribution in [-0.2, 0) is 9.53 Å². The van der Waals surface area contributed by atoms with Gasteiger partial charge in [0.15, 0.2) is 0 Å². The summed E-state index contributed by atoms with van der Waals surface area (Å²) in [7, 11) is 0. The number of ether oxygens (including phenoxy) is 1. The summed E-state index contributed by atoms with van der Waals surface area (Å²) in [5.74, 6) is 0.0684. The van der Waals surface area contributed by atoms with Crippen molar-refractivity contribution in [3.05, 3.63) is 41.2 Å². The van der Waals surface area contributed by atoms with Gasteiger partial charge in [0.25, 0.3) is 5.91 Å². The Balaban J connectivity index is 2.32. The summed E-state index contributed by atoms with van der Waals surface area (Å²) in [5, 5.41) is 3.24. The van der Waals surface area contributed by atoms with Crippen LogP contribution in [0.4, 0.5) is 5.69 Å². The van der Waals surface area contributed by atoms with Gasteiger partial charge >= 0.3 is 5.97 Å². The maximum Gasteiger partial charge on any atom is 0.337 e. The number of nitrogens with one attached hydrogen (secondary N) is 1. The molecule has 1 aliphatic rings. The van der Waals surface area contributed by atoms with E-state index in [9.17, 15) is 9.59 Å². The molecule has 24 heavy (non-hydrogen) atoms. The van der Waals surface area contributed by atoms with Crippen molar-refractivity contribution < 1.29 is 14.3 Å². The predicted molar refractivity (Wildman–Crippen MR) is 94.6 cm³/mol. The van der Waals surface area contributed by atoms with Crippen LogP contribution in [0.1, 0.15) is 56.8 Å². The number of amides is 1. The fraction of sp³-hybridized carbons (Fsp3) is 0.474. The molecule has 0 radical (unpaired) electrons. The lowest BCUT2D eigenvalue weighted by Gasteiger charge is -2.33. The zero-order chi connectivity index (χ0) is 17.5. The van der Waals surface area contributed by atoms with Crippen LogP contribution in [0, 0.1) is 0 Å². The molecule has 0 aromatic heterocycles. The Morgan fingerprint density at radius 2 is 1.92 bits per heavy atom. The number of unbranched alkanes of at least 4 members (excludes halogenated alkanes) is 3. The maximum absolute atomic E-state index is 12.9. The van der Waals surface area contributed by atoms with Gasteiger partial charge in [-0.3, -0.25) is 9.69 Å². The van der Waals surface area contributed by atoms with Crippen LogP contribution in [-0.4, -0.2) is 29.9 Å². The van der Waals surface area contributed by atoms with Crippen LogP contribution in [0.5, 0.6) is 0 Å². The molecule has 5 heteroatoms. The molecule has 1 aliphatic heterocycles. The zero-order valence-electron chi connectivity index (χ0n) is 14.7. The van der Waals surface area contributed by atoms with E-state index in [1.807, 2.05) is 18.2 Å². The Bertz CT molecular complexity index is 637. The Morgan fingerprint density at radius 1 is 1.17 bits per heavy atom. The van der Waals surface area contributed by atoms with Gasteiger partial charge in [-0.05, 0) is 32.4 Å². The zero-order valence-corrected chi connectivity index (χ0v) is 14.7. The number of hydrogen-bond donors (Lipinski definition) is 1. The molecule has 2 rings (SSSR count). The van der Waals surface area contributed by atoms with Crippen molar-refractivity contribution in [2.45, 2.75) is 46.5 Å². The first-order valence-electron chi connectivity index (χ1n) is 8.66. The van der Waals surface area contributed by atoms with Gasteiger partial charge in [0, 0.05) is 6.54 Å². The summed E-state index contributed by atoms with van der Waals surface area (Å²) in [4.78, 5) is 26.7. The Morgan fingerprint density at radius 3 is 2.62 bits per heavy atom. The molecule has 130 valence electrons. The van der Waals surface area contributed by atoms with E-state index in [0.717, 1.165) is 31.4 Å². The molecule has 5 nitrogen and oxygen atoms in total. The average molecular weight is 330 g/mol. The van der Waals surface area contributed by atoms with E-state index in [1.165, 1.54) is 0 Å². The molecule has 0 spiro atoms. The SMILES string of the molecule is CCCCCCN1C(=O)c2ccccc2N/C1=C(\C)C(=O)OCC. The number of hydrogen-bond acceptors (Lipinski definition) is 4. The second-order valence-corrected chi connectivity index (χ2v) is 5.88. The number of benzene rings is 1. The largest absolute Gasteiger partial charge is 0.463 e. The number of esters is 1. The Labute approximate surface area is 143 Å². The van der Waals surface area contributed by atoms with E-state index in [4.69, 9.17) is 4.74 Å². The second-order valence-electron chi connectivity index (χ2n) is 5.88. The fourth-order valence-electron chi connectivity index (χ4n) is 2.76. The van der Waals surface area contributed by atoms with E-state index < -0.39 is 5.97 Å². The maximum atomic E-state index is 12.9. The van der Waals surface area contributed by atoms with Crippen LogP contribution in [0.2, 0.25) is 0 Å². The Kier molecular flexibility index (Phi) is 6.41. The molecule has 1 aromatic rings. The van der Waals surface area contributed by atoms with Crippen molar-refractivity contribution in [2.75, 3.05) is 18.5 Å². The van der Waals surface area contributed by atoms with Crippen molar-refractivity contribution in [2.24, 2.45) is 0 Å². The van der Waals surface area contributed by atoms with Gasteiger partial charge in [0.05, 0.1) is 23.4 Å². The monoisotopic (exact) mass is 330 g/mol. The van der Waals surface area contributed by atoms with Gasteiger partial charge in [0.2, 0.25) is 0 Å². The molecular formula is C19H26N2O3. The standard InChI is InChI=1S/C19H26N2O3/c1-4-6-7-10-13-21-17(14(3)19(23)24-5-2)20-16-12-9-8-11-15(16)18(21)22/h8-9,11-12,20H,4-7,10,13H2,1-3H3/b17-14-. The van der Waals surface area contributed by atoms with Crippen molar-refractivity contribution in [3.63, 3.8) is 0 Å². The van der Waals surface area contributed by atoms with Crippen LogP contribution in [0.15, 0.2) is 35.7 Å². The summed E-state index contributed by atoms with van der Waals surface area (Å²) in [6.45, 7) is 6.52. The van der Waals surface area contributed by atoms with Gasteiger partial charge in [-0.2, -0.15) is 0 Å². The molecule has 0 saturated carbocycles. The number of nitrogens with zero attached hydrogens (tertiary/aromatic N) is 1. The van der Waals surface area contributed by atoms with Crippen LogP contribution < -0.4 is 5.32 Å². The minimum Gasteiger partial charge on any atom is -0.463 e. The third-order valence-corrected chi connectivity index (χ3v) is 4.10. The molecule has 1 heterocycles. The van der Waals surface area contributed by atoms with Gasteiger partial charge in [-0.15, -0.1) is 0 Å². The van der Waals surface area contributed by atoms with Crippen molar-refractivity contribution in [3.8, 4) is 0 Å². The summed E-state index contributed by atoms with van der Waals surface area (Å²) in [6, 6.07) is 7.37. The Hall–Kier alpha value is -2.30. The molecule has 0 fully saturated rings. The highest BCUT2D eigenvalue weighted by molar-refractivity contribution is 6.04. The van der Waals surface area contributed by atoms with E-state index in [1.54, 1.807) is 24.8 Å². The average Bonchev–Trinajstić information content (AvgIpc) is 2.59. The van der Waals surface area contributed by atoms with E-state index in [0.29, 0.717) is 30.1 Å². The highest BCUT2D eigenvalue weighted by atomic mass is 16.5. The van der Waals surface area contributed by atoms with Crippen molar-refractivity contribution in [1.29, 1.82) is 0 Å². The molecule has 0 atom stereocenters. The predicted octanol–water partition coefficient (Wildman–Crippen LogP) is 3.93. The van der Waals surface area contributed by atoms with Crippen LogP contribution in [0.3, 0.4) is 0 Å². The smallest absolute Gasteiger partial charge is 0.337 e. The molecule has 1 amide bonds. The highest BCUT2D eigenvalue weighted by Gasteiger charge is 2.30. The van der Waals surface area contributed by atoms with Gasteiger partial charge in [0.1, 0.15) is 5.82 Å². The minimum atomic E-state index is -0.397. The number of anilines is 1. The second kappa shape index (κ2) is 8.52. The first-order chi connectivity index (χ1) is 11.6. The summed E-state index contributed by atoms with van der Waals surface area (Å²) in [5.41, 5.74) is 1.79. The number of fused-ring (bicyclic) bond motifs is 1. The molecule has 0 aliphatic carbocycles. The number of rotatable bonds is 7. The summed E-state index contributed by atoms with van der Waals surface area (Å²) < 4.78 is 5.10. The normalized spacial score (nSPS) is 15.6. The first kappa shape index (κ1) is 18.0. The summed E-state index contributed by atoms with van der Waals surface area (Å²) in [6.07, 6.45) is 4.25. The van der Waals surface area contributed by atoms with E-state index >= 15 is 0 Å². The lowest BCUT2D eigenvalue weighted by atomic mass is 10.1. The quantitative estimate of drug-likeness (QED) is 0.467. The molecule has 0 bridgehead atoms. The first-order valence-corrected chi connectivity index (χ1v) is 8.66. The molecule has 0 saturated heterocycles. The van der Waals surface area contributed by atoms with Gasteiger partial charge in [-0.25, -0.2) is 4.79 Å². The summed E-state index contributed by atoms with van der Waals surface area (Å²) >= 11 is 0. The topological polar surface area (TPSA) is 58.6 Å². The van der Waals surface area contributed by atoms with E-state index in [-0.39, 0.29) is 5.91 Å². The fourth-order valence-corrected chi connectivity index (χ4v) is 2.76. The van der Waals surface area contributed by atoms with Crippen LogP contribution in [0.25, 0.3) is 0 Å². The van der Waals surface area contributed by atoms with Crippen molar-refractivity contribution >= 4 is 17.6 Å². The highest BCUT2D eigenvalue weighted by Crippen LogP contribution is 2.29. The van der Waals surface area contributed by atoms with Crippen molar-refractivity contribution in [1.82, 2.24) is 4.90 Å². The molecule has 1 aromatic carbocycles. The molecular weight excluding hydrogens is 304 g/mol. The number of carbonyl (C=O) groups excluding carboxylic acids is 2. The van der Waals surface area contributed by atoms with Crippen LogP contribution >= 0.6 is 0 Å². The molecule has 1 N–H and O–H groups in total. The minimum absolute atomic E-state index is 0.0699. The molecule has 0 unspecified atom stereocenters. The third kappa shape index (κ3) is 3.96. The lowest BCUT2D eigenvalue weighted by Crippen LogP contribution is -2.40. The number of para-hydroxylation sites is 1. The van der Waals surface area contributed by atoms with Gasteiger partial charge < -0.3 is 10.1 Å².